The highest BCUT2D eigenvalue weighted by Crippen LogP contribution is 2.25. The molecule has 6 heteroatoms. The lowest BCUT2D eigenvalue weighted by Crippen LogP contribution is -2.40. The molecule has 0 bridgehead atoms. The number of nitrogens with zero attached hydrogens (tertiary/aromatic N) is 1. The lowest BCUT2D eigenvalue weighted by Gasteiger charge is -2.25. The Morgan fingerprint density at radius 2 is 1.96 bits per heavy atom. The number of benzene rings is 1. The van der Waals surface area contributed by atoms with Crippen molar-refractivity contribution in [1.82, 2.24) is 10.3 Å². The maximum absolute atomic E-state index is 12.5. The molecule has 0 aliphatic carbocycles. The Labute approximate surface area is 148 Å². The summed E-state index contributed by atoms with van der Waals surface area (Å²) in [5, 5.41) is 12.3. The number of aromatic nitrogens is 1. The topological polar surface area (TPSA) is 84.6 Å². The Balaban J connectivity index is 2.16. The minimum Gasteiger partial charge on any atom is -0.497 e. The SMILES string of the molecule is COc1ccc(-c2nc(C(=O)NC(CO)CC(C)(C)C)c(C)o2)cc1. The number of aliphatic hydroxyl groups is 1. The van der Waals surface area contributed by atoms with E-state index in [0.717, 1.165) is 11.3 Å². The van der Waals surface area contributed by atoms with Crippen LogP contribution in [0.25, 0.3) is 11.5 Å². The van der Waals surface area contributed by atoms with Crippen LogP contribution in [0.3, 0.4) is 0 Å². The second-order valence-electron chi connectivity index (χ2n) is 7.27. The molecule has 0 aliphatic heterocycles. The van der Waals surface area contributed by atoms with Gasteiger partial charge in [0.05, 0.1) is 19.8 Å². The molecular weight excluding hydrogens is 320 g/mol. The Kier molecular flexibility index (Phi) is 5.85. The van der Waals surface area contributed by atoms with E-state index in [1.54, 1.807) is 26.2 Å². The molecule has 2 aromatic rings. The van der Waals surface area contributed by atoms with E-state index >= 15 is 0 Å². The fourth-order valence-electron chi connectivity index (χ4n) is 2.62. The van der Waals surface area contributed by atoms with Gasteiger partial charge in [0.2, 0.25) is 5.89 Å². The number of nitrogens with one attached hydrogen (secondary N) is 1. The number of rotatable bonds is 6. The molecule has 0 aliphatic rings. The molecule has 6 nitrogen and oxygen atoms in total. The van der Waals surface area contributed by atoms with Crippen molar-refractivity contribution in [3.8, 4) is 17.2 Å². The van der Waals surface area contributed by atoms with Crippen molar-refractivity contribution >= 4 is 5.91 Å². The summed E-state index contributed by atoms with van der Waals surface area (Å²) in [6, 6.07) is 6.93. The minimum atomic E-state index is -0.343. The average Bonchev–Trinajstić information content (AvgIpc) is 2.95. The molecule has 136 valence electrons. The Bertz CT molecular complexity index is 714. The zero-order valence-electron chi connectivity index (χ0n) is 15.4. The van der Waals surface area contributed by atoms with Gasteiger partial charge in [-0.3, -0.25) is 4.79 Å². The first kappa shape index (κ1) is 19.0. The average molecular weight is 346 g/mol. The van der Waals surface area contributed by atoms with Crippen LogP contribution in [0.15, 0.2) is 28.7 Å². The lowest BCUT2D eigenvalue weighted by molar-refractivity contribution is 0.0891. The van der Waals surface area contributed by atoms with E-state index in [9.17, 15) is 9.90 Å². The van der Waals surface area contributed by atoms with Crippen LogP contribution in [-0.4, -0.2) is 35.8 Å². The first-order valence-corrected chi connectivity index (χ1v) is 8.27. The van der Waals surface area contributed by atoms with E-state index in [2.05, 4.69) is 31.1 Å². The van der Waals surface area contributed by atoms with Crippen molar-refractivity contribution in [2.45, 2.75) is 40.2 Å². The number of carbonyl (C=O) groups is 1. The van der Waals surface area contributed by atoms with Crippen LogP contribution >= 0.6 is 0 Å². The zero-order valence-corrected chi connectivity index (χ0v) is 15.4. The van der Waals surface area contributed by atoms with Crippen molar-refractivity contribution in [2.75, 3.05) is 13.7 Å². The summed E-state index contributed by atoms with van der Waals surface area (Å²) in [7, 11) is 1.60. The fraction of sp³-hybridized carbons (Fsp3) is 0.474. The van der Waals surface area contributed by atoms with Crippen molar-refractivity contribution in [3.63, 3.8) is 0 Å². The van der Waals surface area contributed by atoms with Crippen LogP contribution in [0, 0.1) is 12.3 Å². The molecule has 1 amide bonds. The molecular formula is C19H26N2O4. The molecule has 2 N–H and O–H groups in total. The fourth-order valence-corrected chi connectivity index (χ4v) is 2.62. The third kappa shape index (κ3) is 5.06. The second-order valence-corrected chi connectivity index (χ2v) is 7.27. The number of methoxy groups -OCH3 is 1. The number of ether oxygens (including phenoxy) is 1. The molecule has 0 spiro atoms. The number of aliphatic hydroxyl groups excluding tert-OH is 1. The van der Waals surface area contributed by atoms with Gasteiger partial charge < -0.3 is 19.6 Å². The Morgan fingerprint density at radius 3 is 2.48 bits per heavy atom. The number of aryl methyl sites for hydroxylation is 1. The van der Waals surface area contributed by atoms with Crippen LogP contribution in [0.5, 0.6) is 5.75 Å². The molecule has 1 aromatic carbocycles. The molecule has 25 heavy (non-hydrogen) atoms. The molecule has 0 saturated carbocycles. The first-order valence-electron chi connectivity index (χ1n) is 8.27. The van der Waals surface area contributed by atoms with Crippen LogP contribution < -0.4 is 10.1 Å². The van der Waals surface area contributed by atoms with E-state index in [1.807, 2.05) is 12.1 Å². The molecule has 1 heterocycles. The summed E-state index contributed by atoms with van der Waals surface area (Å²) in [5.41, 5.74) is 0.989. The summed E-state index contributed by atoms with van der Waals surface area (Å²) in [6.45, 7) is 7.76. The third-order valence-corrected chi connectivity index (χ3v) is 3.76. The summed E-state index contributed by atoms with van der Waals surface area (Å²) >= 11 is 0. The molecule has 0 saturated heterocycles. The Morgan fingerprint density at radius 1 is 1.32 bits per heavy atom. The smallest absolute Gasteiger partial charge is 0.273 e. The van der Waals surface area contributed by atoms with E-state index < -0.39 is 0 Å². The first-order chi connectivity index (χ1) is 11.7. The summed E-state index contributed by atoms with van der Waals surface area (Å²) < 4.78 is 10.8. The van der Waals surface area contributed by atoms with Crippen molar-refractivity contribution in [3.05, 3.63) is 35.7 Å². The number of amides is 1. The van der Waals surface area contributed by atoms with Gasteiger partial charge in [-0.1, -0.05) is 20.8 Å². The highest BCUT2D eigenvalue weighted by atomic mass is 16.5. The molecule has 1 unspecified atom stereocenters. The van der Waals surface area contributed by atoms with Crippen LogP contribution in [0.2, 0.25) is 0 Å². The second kappa shape index (κ2) is 7.70. The standard InChI is InChI=1S/C19H26N2O4/c1-12-16(17(23)20-14(11-22)10-19(2,3)4)21-18(25-12)13-6-8-15(24-5)9-7-13/h6-9,14,22H,10-11H2,1-5H3,(H,20,23). The molecule has 0 radical (unpaired) electrons. The number of hydrogen-bond donors (Lipinski definition) is 2. The number of carbonyl (C=O) groups excluding carboxylic acids is 1. The maximum atomic E-state index is 12.5. The van der Waals surface area contributed by atoms with Gasteiger partial charge in [0.1, 0.15) is 11.5 Å². The van der Waals surface area contributed by atoms with Gasteiger partial charge in [-0.15, -0.1) is 0 Å². The van der Waals surface area contributed by atoms with Gasteiger partial charge in [-0.2, -0.15) is 0 Å². The molecule has 0 fully saturated rings. The van der Waals surface area contributed by atoms with Crippen LogP contribution in [-0.2, 0) is 0 Å². The van der Waals surface area contributed by atoms with Gasteiger partial charge in [0.15, 0.2) is 5.69 Å². The normalized spacial score (nSPS) is 12.7. The van der Waals surface area contributed by atoms with Gasteiger partial charge in [-0.25, -0.2) is 4.98 Å². The van der Waals surface area contributed by atoms with E-state index in [-0.39, 0.29) is 29.7 Å². The molecule has 2 rings (SSSR count). The lowest BCUT2D eigenvalue weighted by atomic mass is 9.88. The minimum absolute atomic E-state index is 0.00615. The van der Waals surface area contributed by atoms with Crippen LogP contribution in [0.1, 0.15) is 43.4 Å². The number of hydrogen-bond acceptors (Lipinski definition) is 5. The monoisotopic (exact) mass is 346 g/mol. The molecule has 1 aromatic heterocycles. The van der Waals surface area contributed by atoms with Gasteiger partial charge in [0.25, 0.3) is 5.91 Å². The summed E-state index contributed by atoms with van der Waals surface area (Å²) in [4.78, 5) is 16.8. The van der Waals surface area contributed by atoms with Crippen molar-refractivity contribution in [2.24, 2.45) is 5.41 Å². The van der Waals surface area contributed by atoms with E-state index in [4.69, 9.17) is 9.15 Å². The molecule has 1 atom stereocenters. The van der Waals surface area contributed by atoms with E-state index in [0.29, 0.717) is 18.1 Å². The zero-order chi connectivity index (χ0) is 18.6. The van der Waals surface area contributed by atoms with Crippen molar-refractivity contribution < 1.29 is 19.1 Å². The highest BCUT2D eigenvalue weighted by Gasteiger charge is 2.24. The van der Waals surface area contributed by atoms with Gasteiger partial charge >= 0.3 is 0 Å². The largest absolute Gasteiger partial charge is 0.497 e. The predicted molar refractivity (Wildman–Crippen MR) is 95.6 cm³/mol. The number of oxazole rings is 1. The van der Waals surface area contributed by atoms with E-state index in [1.165, 1.54) is 0 Å². The van der Waals surface area contributed by atoms with Gasteiger partial charge in [0, 0.05) is 5.56 Å². The van der Waals surface area contributed by atoms with Crippen LogP contribution in [0.4, 0.5) is 0 Å². The Hall–Kier alpha value is -2.34. The predicted octanol–water partition coefficient (Wildman–Crippen LogP) is 3.19. The van der Waals surface area contributed by atoms with Gasteiger partial charge in [-0.05, 0) is 43.0 Å². The quantitative estimate of drug-likeness (QED) is 0.839. The summed E-state index contributed by atoms with van der Waals surface area (Å²) in [5.74, 6) is 1.21. The highest BCUT2D eigenvalue weighted by molar-refractivity contribution is 5.93. The maximum Gasteiger partial charge on any atom is 0.273 e. The third-order valence-electron chi connectivity index (χ3n) is 3.76. The summed E-state index contributed by atoms with van der Waals surface area (Å²) in [6.07, 6.45) is 0.664. The van der Waals surface area contributed by atoms with Crippen molar-refractivity contribution in [1.29, 1.82) is 0 Å².